The SMILES string of the molecule is Cc1nccn1CCN1CC(N)C1=O. The minimum absolute atomic E-state index is 0.0581. The van der Waals surface area contributed by atoms with Gasteiger partial charge in [-0.3, -0.25) is 4.79 Å². The maximum absolute atomic E-state index is 11.2. The van der Waals surface area contributed by atoms with Gasteiger partial charge in [-0.25, -0.2) is 4.98 Å². The third-order valence-electron chi connectivity index (χ3n) is 2.58. The number of rotatable bonds is 3. The number of nitrogens with two attached hydrogens (primary N) is 1. The molecule has 14 heavy (non-hydrogen) atoms. The molecule has 0 bridgehead atoms. The van der Waals surface area contributed by atoms with Gasteiger partial charge >= 0.3 is 0 Å². The van der Waals surface area contributed by atoms with Gasteiger partial charge in [-0.05, 0) is 6.92 Å². The van der Waals surface area contributed by atoms with Crippen molar-refractivity contribution in [3.8, 4) is 0 Å². The molecule has 1 amide bonds. The van der Waals surface area contributed by atoms with Crippen molar-refractivity contribution in [3.63, 3.8) is 0 Å². The van der Waals surface area contributed by atoms with Crippen LogP contribution < -0.4 is 5.73 Å². The Morgan fingerprint density at radius 2 is 2.43 bits per heavy atom. The lowest BCUT2D eigenvalue weighted by Gasteiger charge is -2.36. The zero-order valence-corrected chi connectivity index (χ0v) is 8.18. The minimum atomic E-state index is -0.265. The summed E-state index contributed by atoms with van der Waals surface area (Å²) in [5.74, 6) is 1.03. The first kappa shape index (κ1) is 9.21. The highest BCUT2D eigenvalue weighted by Crippen LogP contribution is 2.07. The summed E-state index contributed by atoms with van der Waals surface area (Å²) in [4.78, 5) is 17.1. The van der Waals surface area contributed by atoms with Crippen molar-refractivity contribution in [3.05, 3.63) is 18.2 Å². The highest BCUT2D eigenvalue weighted by molar-refractivity contribution is 5.87. The number of carbonyl (C=O) groups excluding carboxylic acids is 1. The van der Waals surface area contributed by atoms with Gasteiger partial charge in [0, 0.05) is 32.0 Å². The molecule has 0 aromatic carbocycles. The largest absolute Gasteiger partial charge is 0.337 e. The molecule has 1 atom stereocenters. The van der Waals surface area contributed by atoms with E-state index in [1.165, 1.54) is 0 Å². The summed E-state index contributed by atoms with van der Waals surface area (Å²) < 4.78 is 2.02. The fourth-order valence-corrected chi connectivity index (χ4v) is 1.60. The number of hydrogen-bond donors (Lipinski definition) is 1. The van der Waals surface area contributed by atoms with E-state index in [1.807, 2.05) is 17.7 Å². The maximum atomic E-state index is 11.2. The van der Waals surface area contributed by atoms with Crippen molar-refractivity contribution in [2.45, 2.75) is 19.5 Å². The Hall–Kier alpha value is -1.36. The molecule has 2 N–H and O–H groups in total. The van der Waals surface area contributed by atoms with Gasteiger partial charge in [0.15, 0.2) is 0 Å². The van der Waals surface area contributed by atoms with Crippen LogP contribution in [-0.4, -0.2) is 39.5 Å². The Kier molecular flexibility index (Phi) is 2.25. The van der Waals surface area contributed by atoms with E-state index >= 15 is 0 Å². The highest BCUT2D eigenvalue weighted by Gasteiger charge is 2.32. The standard InChI is InChI=1S/C9H14N4O/c1-7-11-2-3-12(7)4-5-13-6-8(10)9(13)14/h2-3,8H,4-6,10H2,1H3. The van der Waals surface area contributed by atoms with Gasteiger partial charge in [-0.2, -0.15) is 0 Å². The highest BCUT2D eigenvalue weighted by atomic mass is 16.2. The summed E-state index contributed by atoms with van der Waals surface area (Å²) in [6, 6.07) is -0.265. The first-order chi connectivity index (χ1) is 6.68. The molecule has 0 aliphatic carbocycles. The topological polar surface area (TPSA) is 64.2 Å². The molecule has 1 aliphatic rings. The van der Waals surface area contributed by atoms with Crippen LogP contribution in [0.5, 0.6) is 0 Å². The zero-order valence-electron chi connectivity index (χ0n) is 8.18. The van der Waals surface area contributed by atoms with Crippen molar-refractivity contribution < 1.29 is 4.79 Å². The molecule has 1 aliphatic heterocycles. The van der Waals surface area contributed by atoms with Crippen molar-refractivity contribution >= 4 is 5.91 Å². The second kappa shape index (κ2) is 3.42. The first-order valence-corrected chi connectivity index (χ1v) is 4.70. The van der Waals surface area contributed by atoms with Gasteiger partial charge in [0.2, 0.25) is 5.91 Å². The Labute approximate surface area is 82.5 Å². The molecule has 0 radical (unpaired) electrons. The van der Waals surface area contributed by atoms with Gasteiger partial charge in [0.1, 0.15) is 11.9 Å². The molecule has 0 spiro atoms. The van der Waals surface area contributed by atoms with Crippen LogP contribution in [0.3, 0.4) is 0 Å². The van der Waals surface area contributed by atoms with E-state index in [-0.39, 0.29) is 11.9 Å². The summed E-state index contributed by atoms with van der Waals surface area (Å²) in [5.41, 5.74) is 5.48. The lowest BCUT2D eigenvalue weighted by atomic mass is 10.1. The second-order valence-electron chi connectivity index (χ2n) is 3.56. The molecule has 1 unspecified atom stereocenters. The minimum Gasteiger partial charge on any atom is -0.337 e. The molecule has 1 aromatic heterocycles. The van der Waals surface area contributed by atoms with E-state index in [9.17, 15) is 4.79 Å². The number of nitrogens with zero attached hydrogens (tertiary/aromatic N) is 3. The molecule has 2 heterocycles. The Morgan fingerprint density at radius 3 is 2.93 bits per heavy atom. The van der Waals surface area contributed by atoms with Crippen LogP contribution >= 0.6 is 0 Å². The molecule has 5 heteroatoms. The van der Waals surface area contributed by atoms with Crippen molar-refractivity contribution in [1.82, 2.24) is 14.5 Å². The number of hydrogen-bond acceptors (Lipinski definition) is 3. The summed E-state index contributed by atoms with van der Waals surface area (Å²) >= 11 is 0. The molecule has 0 saturated carbocycles. The number of likely N-dealkylation sites (tertiary alicyclic amines) is 1. The molecule has 76 valence electrons. The summed E-state index contributed by atoms with van der Waals surface area (Å²) in [7, 11) is 0. The Balaban J connectivity index is 1.84. The van der Waals surface area contributed by atoms with Crippen LogP contribution in [0.2, 0.25) is 0 Å². The van der Waals surface area contributed by atoms with Crippen molar-refractivity contribution in [2.75, 3.05) is 13.1 Å². The zero-order chi connectivity index (χ0) is 10.1. The fraction of sp³-hybridized carbons (Fsp3) is 0.556. The van der Waals surface area contributed by atoms with Crippen LogP contribution in [-0.2, 0) is 11.3 Å². The van der Waals surface area contributed by atoms with Crippen molar-refractivity contribution in [1.29, 1.82) is 0 Å². The van der Waals surface area contributed by atoms with E-state index in [2.05, 4.69) is 4.98 Å². The molecule has 2 rings (SSSR count). The summed E-state index contributed by atoms with van der Waals surface area (Å²) in [5, 5.41) is 0. The predicted molar refractivity (Wildman–Crippen MR) is 51.5 cm³/mol. The second-order valence-corrected chi connectivity index (χ2v) is 3.56. The van der Waals surface area contributed by atoms with Gasteiger partial charge in [0.25, 0.3) is 0 Å². The van der Waals surface area contributed by atoms with E-state index in [0.717, 1.165) is 18.9 Å². The number of carbonyl (C=O) groups is 1. The molecule has 5 nitrogen and oxygen atoms in total. The average molecular weight is 194 g/mol. The van der Waals surface area contributed by atoms with Crippen LogP contribution in [0.4, 0.5) is 0 Å². The van der Waals surface area contributed by atoms with Gasteiger partial charge in [0.05, 0.1) is 0 Å². The molecule has 1 aromatic rings. The number of aromatic nitrogens is 2. The quantitative estimate of drug-likeness (QED) is 0.651. The predicted octanol–water partition coefficient (Wildman–Crippen LogP) is -0.639. The van der Waals surface area contributed by atoms with Crippen molar-refractivity contribution in [2.24, 2.45) is 5.73 Å². The first-order valence-electron chi connectivity index (χ1n) is 4.70. The van der Waals surface area contributed by atoms with Crippen LogP contribution in [0.1, 0.15) is 5.82 Å². The molecular weight excluding hydrogens is 180 g/mol. The smallest absolute Gasteiger partial charge is 0.241 e. The van der Waals surface area contributed by atoms with E-state index in [0.29, 0.717) is 6.54 Å². The fourth-order valence-electron chi connectivity index (χ4n) is 1.60. The third-order valence-corrected chi connectivity index (χ3v) is 2.58. The molecular formula is C9H14N4O. The number of β-lactam (4-membered cyclic amide) rings is 1. The lowest BCUT2D eigenvalue weighted by molar-refractivity contribution is -0.142. The van der Waals surface area contributed by atoms with Gasteiger partial charge < -0.3 is 15.2 Å². The Morgan fingerprint density at radius 1 is 1.64 bits per heavy atom. The summed E-state index contributed by atoms with van der Waals surface area (Å²) in [6.07, 6.45) is 3.68. The monoisotopic (exact) mass is 194 g/mol. The van der Waals surface area contributed by atoms with E-state index < -0.39 is 0 Å². The third kappa shape index (κ3) is 1.50. The average Bonchev–Trinajstić information content (AvgIpc) is 2.58. The summed E-state index contributed by atoms with van der Waals surface area (Å²) in [6.45, 7) is 4.16. The lowest BCUT2D eigenvalue weighted by Crippen LogP contribution is -2.61. The van der Waals surface area contributed by atoms with Crippen LogP contribution in [0.25, 0.3) is 0 Å². The number of amides is 1. The van der Waals surface area contributed by atoms with E-state index in [1.54, 1.807) is 11.1 Å². The van der Waals surface area contributed by atoms with Gasteiger partial charge in [-0.15, -0.1) is 0 Å². The number of imidazole rings is 1. The molecule has 1 saturated heterocycles. The Bertz CT molecular complexity index is 346. The van der Waals surface area contributed by atoms with Gasteiger partial charge in [-0.1, -0.05) is 0 Å². The van der Waals surface area contributed by atoms with E-state index in [4.69, 9.17) is 5.73 Å². The van der Waals surface area contributed by atoms with Crippen LogP contribution in [0.15, 0.2) is 12.4 Å². The van der Waals surface area contributed by atoms with Crippen LogP contribution in [0, 0.1) is 6.92 Å². The maximum Gasteiger partial charge on any atom is 0.241 e. The molecule has 1 fully saturated rings. The number of aryl methyl sites for hydroxylation is 1. The normalized spacial score (nSPS) is 21.1.